The molecular weight excluding hydrogens is 802 g/mol. The van der Waals surface area contributed by atoms with Crippen LogP contribution in [0.5, 0.6) is 0 Å². The molecule has 0 radical (unpaired) electrons. The van der Waals surface area contributed by atoms with Crippen LogP contribution in [0.4, 0.5) is 40.3 Å². The first-order valence-corrected chi connectivity index (χ1v) is 20.1. The number of nitrogens with two attached hydrogens (primary N) is 1. The van der Waals surface area contributed by atoms with Crippen molar-refractivity contribution in [2.45, 2.75) is 41.9 Å². The summed E-state index contributed by atoms with van der Waals surface area (Å²) in [6.45, 7) is 7.85. The Kier molecular flexibility index (Phi) is 11.0. The van der Waals surface area contributed by atoms with Gasteiger partial charge in [-0.2, -0.15) is 40.2 Å². The minimum atomic E-state index is -5.14. The topological polar surface area (TPSA) is 298 Å². The Morgan fingerprint density at radius 2 is 1.40 bits per heavy atom. The van der Waals surface area contributed by atoms with Gasteiger partial charge in [-0.15, -0.1) is 0 Å². The fraction of sp³-hybridized carbons (Fsp3) is 0.121. The number of halogens is 1. The van der Waals surface area contributed by atoms with Gasteiger partial charge in [-0.05, 0) is 73.3 Å². The Morgan fingerprint density at radius 3 is 2.00 bits per heavy atom. The molecule has 0 bridgehead atoms. The predicted molar refractivity (Wildman–Crippen MR) is 203 cm³/mol. The Hall–Kier alpha value is -5.55. The molecule has 1 aliphatic carbocycles. The summed E-state index contributed by atoms with van der Waals surface area (Å²) >= 11 is 6.17. The van der Waals surface area contributed by atoms with E-state index in [-0.39, 0.29) is 62.9 Å². The van der Waals surface area contributed by atoms with Crippen molar-refractivity contribution in [3.63, 3.8) is 0 Å². The van der Waals surface area contributed by atoms with E-state index in [4.69, 9.17) is 17.3 Å². The highest BCUT2D eigenvalue weighted by atomic mass is 35.5. The summed E-state index contributed by atoms with van der Waals surface area (Å²) < 4.78 is 104. The summed E-state index contributed by atoms with van der Waals surface area (Å²) in [4.78, 5) is 37.5. The monoisotopic (exact) mass is 831 g/mol. The lowest BCUT2D eigenvalue weighted by Gasteiger charge is -2.24. The molecular formula is C33H30ClN7O11S3. The zero-order valence-corrected chi connectivity index (χ0v) is 31.9. The van der Waals surface area contributed by atoms with Gasteiger partial charge in [0.25, 0.3) is 30.4 Å². The molecule has 1 aliphatic rings. The smallest absolute Gasteiger partial charge is 0.296 e. The fourth-order valence-corrected chi connectivity index (χ4v) is 8.12. The number of hydrogen-bond acceptors (Lipinski definition) is 15. The summed E-state index contributed by atoms with van der Waals surface area (Å²) in [5.74, 6) is -2.20. The second-order valence-electron chi connectivity index (χ2n) is 11.9. The quantitative estimate of drug-likeness (QED) is 0.0627. The number of nitrogens with one attached hydrogen (secondary N) is 3. The lowest BCUT2D eigenvalue weighted by molar-refractivity contribution is 0.0978. The normalized spacial score (nSPS) is 14.9. The Bertz CT molecular complexity index is 2750. The molecule has 288 valence electrons. The molecule has 3 aromatic carbocycles. The van der Waals surface area contributed by atoms with Gasteiger partial charge in [0.1, 0.15) is 9.79 Å². The van der Waals surface area contributed by atoms with Crippen LogP contribution in [0.1, 0.15) is 43.8 Å². The number of Topliss-reactive ketones (excluding diaryl/α,β-unsaturated/α-hetero) is 2. The third-order valence-electron chi connectivity index (χ3n) is 8.18. The first-order valence-electron chi connectivity index (χ1n) is 15.4. The standard InChI is InChI=1S/C33H30ClN7O11S3/c1-15-9-6-5-7-12-22(42)25-24(29(15)43)21(14-23(26(25)35)54(47,48)49)37-27-16(2)28(18(4)30(17(27)3)55(50,51)52)38-33-40-31(34)39-32(41-33)36-19-10-8-11-20(13-19)53(44,45)46/h5-11,13-14,37H,1,12,35H2,2-4H3,(H,44,45,46)(H,47,48,49)(H,50,51,52)(H2,36,38,39,40,41)/b7-5-,9-6-. The number of rotatable bonds is 9. The van der Waals surface area contributed by atoms with Crippen LogP contribution in [-0.4, -0.2) is 65.4 Å². The Morgan fingerprint density at radius 1 is 0.782 bits per heavy atom. The summed E-state index contributed by atoms with van der Waals surface area (Å²) in [7, 11) is -14.7. The van der Waals surface area contributed by atoms with Crippen molar-refractivity contribution in [1.82, 2.24) is 15.0 Å². The van der Waals surface area contributed by atoms with Gasteiger partial charge < -0.3 is 21.7 Å². The molecule has 0 atom stereocenters. The van der Waals surface area contributed by atoms with E-state index in [9.17, 15) is 48.5 Å². The molecule has 18 nitrogen and oxygen atoms in total. The fourth-order valence-electron chi connectivity index (χ4n) is 5.80. The molecule has 22 heteroatoms. The van der Waals surface area contributed by atoms with Crippen molar-refractivity contribution in [2.24, 2.45) is 0 Å². The van der Waals surface area contributed by atoms with E-state index in [1.807, 2.05) is 0 Å². The second-order valence-corrected chi connectivity index (χ2v) is 16.4. The van der Waals surface area contributed by atoms with E-state index in [0.29, 0.717) is 0 Å². The molecule has 4 aromatic rings. The average molecular weight is 832 g/mol. The molecule has 0 unspecified atom stereocenters. The SMILES string of the molecule is C=C1/C=C\C=C/CC(=O)c2c(N)c(S(=O)(=O)O)cc(Nc3c(C)c(Nc4nc(Cl)nc(Nc5cccc(S(=O)(=O)O)c5)n4)c(C)c(S(=O)(=O)O)c3C)c2C1=O. The van der Waals surface area contributed by atoms with Crippen LogP contribution in [0.2, 0.25) is 5.28 Å². The maximum atomic E-state index is 13.9. The van der Waals surface area contributed by atoms with Crippen LogP contribution in [-0.2, 0) is 30.4 Å². The van der Waals surface area contributed by atoms with Gasteiger partial charge in [0, 0.05) is 23.4 Å². The van der Waals surface area contributed by atoms with Gasteiger partial charge in [-0.3, -0.25) is 23.2 Å². The average Bonchev–Trinajstić information content (AvgIpc) is 3.06. The largest absolute Gasteiger partial charge is 0.397 e. The molecule has 1 aromatic heterocycles. The van der Waals surface area contributed by atoms with E-state index in [1.165, 1.54) is 57.2 Å². The van der Waals surface area contributed by atoms with Crippen LogP contribution in [0.3, 0.4) is 0 Å². The van der Waals surface area contributed by atoms with Gasteiger partial charge in [-0.1, -0.05) is 36.9 Å². The maximum absolute atomic E-state index is 13.9. The van der Waals surface area contributed by atoms with Crippen molar-refractivity contribution >= 4 is 93.9 Å². The van der Waals surface area contributed by atoms with Crippen LogP contribution >= 0.6 is 11.6 Å². The molecule has 0 amide bonds. The highest BCUT2D eigenvalue weighted by Crippen LogP contribution is 2.42. The first-order chi connectivity index (χ1) is 25.5. The minimum absolute atomic E-state index is 0.0520. The summed E-state index contributed by atoms with van der Waals surface area (Å²) in [6.07, 6.45) is 5.35. The summed E-state index contributed by atoms with van der Waals surface area (Å²) in [6, 6.07) is 5.78. The molecule has 55 heavy (non-hydrogen) atoms. The van der Waals surface area contributed by atoms with Gasteiger partial charge in [0.2, 0.25) is 17.2 Å². The molecule has 0 fully saturated rings. The number of fused-ring (bicyclic) bond motifs is 1. The molecule has 8 N–H and O–H groups in total. The van der Waals surface area contributed by atoms with Gasteiger partial charge in [-0.25, -0.2) is 0 Å². The number of hydrogen-bond donors (Lipinski definition) is 7. The van der Waals surface area contributed by atoms with Crippen LogP contribution in [0.25, 0.3) is 0 Å². The number of nitrogen functional groups attached to an aromatic ring is 1. The summed E-state index contributed by atoms with van der Waals surface area (Å²) in [5.41, 5.74) is 3.75. The lowest BCUT2D eigenvalue weighted by atomic mass is 9.90. The van der Waals surface area contributed by atoms with Gasteiger partial charge >= 0.3 is 0 Å². The lowest BCUT2D eigenvalue weighted by Crippen LogP contribution is -2.19. The van der Waals surface area contributed by atoms with Crippen molar-refractivity contribution in [1.29, 1.82) is 0 Å². The number of carbonyl (C=O) groups is 2. The molecule has 1 heterocycles. The zero-order valence-electron chi connectivity index (χ0n) is 28.7. The molecule has 0 saturated carbocycles. The van der Waals surface area contributed by atoms with Crippen molar-refractivity contribution in [2.75, 3.05) is 21.7 Å². The van der Waals surface area contributed by atoms with Gasteiger partial charge in [0.15, 0.2) is 11.6 Å². The van der Waals surface area contributed by atoms with Crippen molar-refractivity contribution < 1.29 is 48.5 Å². The van der Waals surface area contributed by atoms with Gasteiger partial charge in [0.05, 0.1) is 33.1 Å². The second kappa shape index (κ2) is 14.9. The number of allylic oxidation sites excluding steroid dienone is 5. The number of ketones is 2. The highest BCUT2D eigenvalue weighted by Gasteiger charge is 2.32. The summed E-state index contributed by atoms with van der Waals surface area (Å²) in [5, 5.41) is 7.99. The number of aromatic nitrogens is 3. The highest BCUT2D eigenvalue weighted by molar-refractivity contribution is 7.86. The van der Waals surface area contributed by atoms with E-state index in [0.717, 1.165) is 18.2 Å². The zero-order chi connectivity index (χ0) is 40.8. The Labute approximate surface area is 319 Å². The van der Waals surface area contributed by atoms with Crippen LogP contribution in [0, 0.1) is 20.8 Å². The predicted octanol–water partition coefficient (Wildman–Crippen LogP) is 5.44. The third-order valence-corrected chi connectivity index (χ3v) is 11.2. The number of benzene rings is 3. The van der Waals surface area contributed by atoms with E-state index < -0.39 is 79.1 Å². The molecule has 0 spiro atoms. The number of carbonyl (C=O) groups excluding carboxylic acids is 2. The number of anilines is 7. The molecule has 0 saturated heterocycles. The third kappa shape index (κ3) is 8.57. The van der Waals surface area contributed by atoms with E-state index in [1.54, 1.807) is 0 Å². The van der Waals surface area contributed by atoms with Crippen molar-refractivity contribution in [3.05, 3.63) is 99.9 Å². The maximum Gasteiger partial charge on any atom is 0.296 e. The Balaban J connectivity index is 1.73. The van der Waals surface area contributed by atoms with E-state index >= 15 is 0 Å². The minimum Gasteiger partial charge on any atom is -0.397 e. The van der Waals surface area contributed by atoms with E-state index in [2.05, 4.69) is 37.5 Å². The van der Waals surface area contributed by atoms with Crippen LogP contribution in [0.15, 0.2) is 81.5 Å². The number of nitrogens with zero attached hydrogens (tertiary/aromatic N) is 3. The molecule has 5 rings (SSSR count). The molecule has 0 aliphatic heterocycles. The first kappa shape index (κ1) is 40.6. The van der Waals surface area contributed by atoms with Crippen LogP contribution < -0.4 is 21.7 Å². The van der Waals surface area contributed by atoms with Crippen molar-refractivity contribution in [3.8, 4) is 0 Å².